The number of aromatic nitrogens is 1. The van der Waals surface area contributed by atoms with E-state index in [2.05, 4.69) is 10.3 Å². The number of nitrogens with one attached hydrogen (secondary N) is 1. The Morgan fingerprint density at radius 1 is 1.62 bits per heavy atom. The first-order valence-corrected chi connectivity index (χ1v) is 4.46. The van der Waals surface area contributed by atoms with Gasteiger partial charge < -0.3 is 5.32 Å². The number of hydrogen-bond donors (Lipinski definition) is 1. The lowest BCUT2D eigenvalue weighted by molar-refractivity contribution is 0.0934. The van der Waals surface area contributed by atoms with E-state index in [0.29, 0.717) is 5.69 Å². The summed E-state index contributed by atoms with van der Waals surface area (Å²) in [5, 5.41) is 2.84. The van der Waals surface area contributed by atoms with Gasteiger partial charge in [0.05, 0.1) is 0 Å². The van der Waals surface area contributed by atoms with E-state index in [0.717, 1.165) is 6.42 Å². The molecule has 1 N–H and O–H groups in total. The van der Waals surface area contributed by atoms with Gasteiger partial charge in [-0.15, -0.1) is 0 Å². The van der Waals surface area contributed by atoms with Gasteiger partial charge in [0.2, 0.25) is 0 Å². The zero-order valence-corrected chi connectivity index (χ0v) is 7.95. The molecule has 0 aromatic carbocycles. The van der Waals surface area contributed by atoms with Crippen molar-refractivity contribution in [1.82, 2.24) is 10.3 Å². The summed E-state index contributed by atoms with van der Waals surface area (Å²) in [7, 11) is 0. The van der Waals surface area contributed by atoms with Crippen LogP contribution in [-0.4, -0.2) is 16.9 Å². The molecule has 1 heterocycles. The van der Waals surface area contributed by atoms with E-state index >= 15 is 0 Å². The van der Waals surface area contributed by atoms with Crippen molar-refractivity contribution in [2.45, 2.75) is 26.3 Å². The molecule has 70 valence electrons. The second-order valence-corrected chi connectivity index (χ2v) is 3.00. The summed E-state index contributed by atoms with van der Waals surface area (Å²) in [5.74, 6) is -0.102. The lowest BCUT2D eigenvalue weighted by Gasteiger charge is -2.10. The quantitative estimate of drug-likeness (QED) is 0.764. The minimum Gasteiger partial charge on any atom is -0.348 e. The van der Waals surface area contributed by atoms with Crippen LogP contribution in [0.3, 0.4) is 0 Å². The van der Waals surface area contributed by atoms with Crippen molar-refractivity contribution in [3.8, 4) is 0 Å². The minimum atomic E-state index is -0.102. The summed E-state index contributed by atoms with van der Waals surface area (Å²) in [4.78, 5) is 15.4. The number of carbonyl (C=O) groups excluding carboxylic acids is 1. The molecule has 0 aliphatic rings. The van der Waals surface area contributed by atoms with Crippen molar-refractivity contribution in [1.29, 1.82) is 0 Å². The largest absolute Gasteiger partial charge is 0.348 e. The number of nitrogens with zero attached hydrogens (tertiary/aromatic N) is 1. The summed E-state index contributed by atoms with van der Waals surface area (Å²) in [6.07, 6.45) is 2.55. The Morgan fingerprint density at radius 3 is 2.92 bits per heavy atom. The van der Waals surface area contributed by atoms with Gasteiger partial charge in [0.15, 0.2) is 0 Å². The maximum absolute atomic E-state index is 11.4. The Bertz CT molecular complexity index is 272. The fraction of sp³-hybridized carbons (Fsp3) is 0.400. The SMILES string of the molecule is CCC(C)NC(=O)c1ccccn1. The molecular weight excluding hydrogens is 164 g/mol. The average Bonchev–Trinajstić information content (AvgIpc) is 2.19. The van der Waals surface area contributed by atoms with Crippen molar-refractivity contribution < 1.29 is 4.79 Å². The fourth-order valence-electron chi connectivity index (χ4n) is 0.897. The van der Waals surface area contributed by atoms with Crippen LogP contribution in [0.2, 0.25) is 0 Å². The summed E-state index contributed by atoms with van der Waals surface area (Å²) in [6.45, 7) is 4.00. The molecule has 1 unspecified atom stereocenters. The van der Waals surface area contributed by atoms with Crippen molar-refractivity contribution in [3.05, 3.63) is 30.1 Å². The molecule has 1 aromatic rings. The zero-order valence-electron chi connectivity index (χ0n) is 7.95. The minimum absolute atomic E-state index is 0.102. The molecule has 1 atom stereocenters. The lowest BCUT2D eigenvalue weighted by atomic mass is 10.2. The highest BCUT2D eigenvalue weighted by Gasteiger charge is 2.07. The van der Waals surface area contributed by atoms with Crippen LogP contribution in [0.1, 0.15) is 30.8 Å². The third kappa shape index (κ3) is 2.86. The van der Waals surface area contributed by atoms with Gasteiger partial charge in [-0.25, -0.2) is 0 Å². The Kier molecular flexibility index (Phi) is 3.43. The number of hydrogen-bond acceptors (Lipinski definition) is 2. The molecule has 0 bridgehead atoms. The second-order valence-electron chi connectivity index (χ2n) is 3.00. The highest BCUT2D eigenvalue weighted by atomic mass is 16.1. The number of carbonyl (C=O) groups is 1. The van der Waals surface area contributed by atoms with Gasteiger partial charge in [-0.3, -0.25) is 9.78 Å². The summed E-state index contributed by atoms with van der Waals surface area (Å²) in [6, 6.07) is 5.51. The van der Waals surface area contributed by atoms with Crippen LogP contribution >= 0.6 is 0 Å². The Morgan fingerprint density at radius 2 is 2.38 bits per heavy atom. The third-order valence-corrected chi connectivity index (χ3v) is 1.89. The highest BCUT2D eigenvalue weighted by Crippen LogP contribution is 1.95. The van der Waals surface area contributed by atoms with Gasteiger partial charge >= 0.3 is 0 Å². The predicted molar refractivity (Wildman–Crippen MR) is 51.5 cm³/mol. The standard InChI is InChI=1S/C10H14N2O/c1-3-8(2)12-10(13)9-6-4-5-7-11-9/h4-8H,3H2,1-2H3,(H,12,13). The van der Waals surface area contributed by atoms with Crippen molar-refractivity contribution in [3.63, 3.8) is 0 Å². The topological polar surface area (TPSA) is 42.0 Å². The first kappa shape index (κ1) is 9.71. The molecule has 13 heavy (non-hydrogen) atoms. The van der Waals surface area contributed by atoms with E-state index in [-0.39, 0.29) is 11.9 Å². The molecule has 0 saturated heterocycles. The van der Waals surface area contributed by atoms with Crippen LogP contribution in [0.5, 0.6) is 0 Å². The van der Waals surface area contributed by atoms with Crippen LogP contribution in [0.25, 0.3) is 0 Å². The maximum Gasteiger partial charge on any atom is 0.270 e. The molecule has 0 aliphatic carbocycles. The molecule has 0 saturated carbocycles. The first-order chi connectivity index (χ1) is 6.24. The molecule has 0 fully saturated rings. The fourth-order valence-corrected chi connectivity index (χ4v) is 0.897. The van der Waals surface area contributed by atoms with Crippen LogP contribution in [-0.2, 0) is 0 Å². The molecule has 3 heteroatoms. The highest BCUT2D eigenvalue weighted by molar-refractivity contribution is 5.92. The molecule has 1 aromatic heterocycles. The van der Waals surface area contributed by atoms with Gasteiger partial charge in [-0.2, -0.15) is 0 Å². The van der Waals surface area contributed by atoms with E-state index in [4.69, 9.17) is 0 Å². The second kappa shape index (κ2) is 4.60. The van der Waals surface area contributed by atoms with Gasteiger partial charge in [0.25, 0.3) is 5.91 Å². The third-order valence-electron chi connectivity index (χ3n) is 1.89. The molecule has 0 aliphatic heterocycles. The Balaban J connectivity index is 2.59. The molecule has 1 rings (SSSR count). The van der Waals surface area contributed by atoms with Crippen molar-refractivity contribution >= 4 is 5.91 Å². The van der Waals surface area contributed by atoms with Crippen molar-refractivity contribution in [2.24, 2.45) is 0 Å². The monoisotopic (exact) mass is 178 g/mol. The summed E-state index contributed by atoms with van der Waals surface area (Å²) < 4.78 is 0. The van der Waals surface area contributed by atoms with Crippen LogP contribution in [0.15, 0.2) is 24.4 Å². The number of pyridine rings is 1. The zero-order chi connectivity index (χ0) is 9.68. The summed E-state index contributed by atoms with van der Waals surface area (Å²) >= 11 is 0. The first-order valence-electron chi connectivity index (χ1n) is 4.46. The maximum atomic E-state index is 11.4. The van der Waals surface area contributed by atoms with Crippen LogP contribution in [0, 0.1) is 0 Å². The molecule has 1 amide bonds. The molecule has 3 nitrogen and oxygen atoms in total. The average molecular weight is 178 g/mol. The normalized spacial score (nSPS) is 12.2. The smallest absolute Gasteiger partial charge is 0.270 e. The summed E-state index contributed by atoms with van der Waals surface area (Å²) in [5.41, 5.74) is 0.475. The van der Waals surface area contributed by atoms with Gasteiger partial charge in [-0.05, 0) is 25.5 Å². The predicted octanol–water partition coefficient (Wildman–Crippen LogP) is 1.61. The van der Waals surface area contributed by atoms with E-state index in [1.807, 2.05) is 13.8 Å². The van der Waals surface area contributed by atoms with Gasteiger partial charge in [0, 0.05) is 12.2 Å². The Hall–Kier alpha value is -1.38. The number of rotatable bonds is 3. The number of amides is 1. The van der Waals surface area contributed by atoms with Crippen LogP contribution < -0.4 is 5.32 Å². The molecular formula is C10H14N2O. The van der Waals surface area contributed by atoms with Gasteiger partial charge in [-0.1, -0.05) is 13.0 Å². The van der Waals surface area contributed by atoms with Crippen LogP contribution in [0.4, 0.5) is 0 Å². The van der Waals surface area contributed by atoms with E-state index < -0.39 is 0 Å². The van der Waals surface area contributed by atoms with Gasteiger partial charge in [0.1, 0.15) is 5.69 Å². The van der Waals surface area contributed by atoms with E-state index in [1.54, 1.807) is 24.4 Å². The molecule has 0 radical (unpaired) electrons. The Labute approximate surface area is 78.2 Å². The molecule has 0 spiro atoms. The van der Waals surface area contributed by atoms with E-state index in [1.165, 1.54) is 0 Å². The lowest BCUT2D eigenvalue weighted by Crippen LogP contribution is -2.32. The van der Waals surface area contributed by atoms with Crippen molar-refractivity contribution in [2.75, 3.05) is 0 Å². The van der Waals surface area contributed by atoms with E-state index in [9.17, 15) is 4.79 Å².